The predicted octanol–water partition coefficient (Wildman–Crippen LogP) is 4.91. The van der Waals surface area contributed by atoms with Crippen molar-refractivity contribution >= 4 is 33.2 Å². The summed E-state index contributed by atoms with van der Waals surface area (Å²) in [5.74, 6) is -0.00314. The van der Waals surface area contributed by atoms with Crippen molar-refractivity contribution in [1.29, 1.82) is 0 Å². The Morgan fingerprint density at radius 3 is 2.50 bits per heavy atom. The van der Waals surface area contributed by atoms with Crippen LogP contribution in [-0.2, 0) is 27.7 Å². The molecule has 1 unspecified atom stereocenters. The van der Waals surface area contributed by atoms with Crippen LogP contribution in [0.2, 0.25) is 5.02 Å². The number of amides is 1. The first-order valence-corrected chi connectivity index (χ1v) is 12.9. The average Bonchev–Trinajstić information content (AvgIpc) is 3.31. The molecule has 1 aliphatic carbocycles. The maximum Gasteiger partial charge on any atom is 0.264 e. The first kappa shape index (κ1) is 24.1. The predicted molar refractivity (Wildman–Crippen MR) is 134 cm³/mol. The number of rotatable bonds is 8. The van der Waals surface area contributed by atoms with Gasteiger partial charge in [0.15, 0.2) is 0 Å². The Hall–Kier alpha value is -3.03. The third kappa shape index (κ3) is 5.05. The van der Waals surface area contributed by atoms with Gasteiger partial charge < -0.3 is 10.1 Å². The second kappa shape index (κ2) is 10.1. The number of hydrogen-bond acceptors (Lipinski definition) is 4. The summed E-state index contributed by atoms with van der Waals surface area (Å²) in [6.45, 7) is 1.50. The van der Waals surface area contributed by atoms with Crippen LogP contribution in [0.4, 0.5) is 5.69 Å². The molecule has 1 atom stereocenters. The molecule has 3 aromatic carbocycles. The lowest BCUT2D eigenvalue weighted by molar-refractivity contribution is -0.120. The third-order valence-corrected chi connectivity index (χ3v) is 8.13. The lowest BCUT2D eigenvalue weighted by Crippen LogP contribution is -2.41. The summed E-state index contributed by atoms with van der Waals surface area (Å²) in [6, 6.07) is 18.7. The largest absolute Gasteiger partial charge is 0.495 e. The van der Waals surface area contributed by atoms with Crippen molar-refractivity contribution in [3.8, 4) is 5.75 Å². The molecule has 1 N–H and O–H groups in total. The highest BCUT2D eigenvalue weighted by Crippen LogP contribution is 2.32. The fourth-order valence-corrected chi connectivity index (χ4v) is 5.89. The summed E-state index contributed by atoms with van der Waals surface area (Å²) < 4.78 is 33.2. The molecule has 0 saturated heterocycles. The van der Waals surface area contributed by atoms with E-state index in [1.807, 2.05) is 13.0 Å². The van der Waals surface area contributed by atoms with Gasteiger partial charge in [0.2, 0.25) is 5.91 Å². The number of halogens is 1. The van der Waals surface area contributed by atoms with Gasteiger partial charge in [-0.25, -0.2) is 8.42 Å². The van der Waals surface area contributed by atoms with Gasteiger partial charge in [0.1, 0.15) is 12.3 Å². The van der Waals surface area contributed by atoms with E-state index in [-0.39, 0.29) is 21.6 Å². The third-order valence-electron chi connectivity index (χ3n) is 6.04. The molecule has 1 aliphatic rings. The fourth-order valence-electron chi connectivity index (χ4n) is 4.21. The number of aryl methyl sites for hydroxylation is 2. The van der Waals surface area contributed by atoms with Gasteiger partial charge in [0, 0.05) is 0 Å². The summed E-state index contributed by atoms with van der Waals surface area (Å²) in [7, 11) is -2.54. The van der Waals surface area contributed by atoms with Crippen LogP contribution >= 0.6 is 11.6 Å². The van der Waals surface area contributed by atoms with Gasteiger partial charge in [-0.15, -0.1) is 0 Å². The van der Waals surface area contributed by atoms with Gasteiger partial charge in [-0.3, -0.25) is 9.10 Å². The van der Waals surface area contributed by atoms with E-state index in [1.165, 1.54) is 36.4 Å². The number of hydrogen-bond donors (Lipinski definition) is 1. The zero-order valence-corrected chi connectivity index (χ0v) is 20.7. The van der Waals surface area contributed by atoms with Crippen molar-refractivity contribution in [1.82, 2.24) is 5.32 Å². The minimum atomic E-state index is -4.02. The van der Waals surface area contributed by atoms with Crippen molar-refractivity contribution in [3.05, 3.63) is 88.4 Å². The number of nitrogens with one attached hydrogen (secondary N) is 1. The van der Waals surface area contributed by atoms with Crippen molar-refractivity contribution < 1.29 is 17.9 Å². The highest BCUT2D eigenvalue weighted by molar-refractivity contribution is 7.92. The zero-order valence-electron chi connectivity index (χ0n) is 19.1. The monoisotopic (exact) mass is 498 g/mol. The van der Waals surface area contributed by atoms with Crippen molar-refractivity contribution in [2.45, 2.75) is 37.1 Å². The topological polar surface area (TPSA) is 75.7 Å². The molecule has 0 spiro atoms. The van der Waals surface area contributed by atoms with Gasteiger partial charge in [-0.05, 0) is 73.2 Å². The highest BCUT2D eigenvalue weighted by Gasteiger charge is 2.28. The molecule has 0 heterocycles. The number of methoxy groups -OCH3 is 1. The zero-order chi connectivity index (χ0) is 24.3. The molecule has 1 amide bonds. The molecule has 0 aliphatic heterocycles. The Morgan fingerprint density at radius 2 is 1.79 bits per heavy atom. The number of carbonyl (C=O) groups excluding carboxylic acids is 1. The molecule has 0 bridgehead atoms. The van der Waals surface area contributed by atoms with Gasteiger partial charge in [-0.2, -0.15) is 0 Å². The smallest absolute Gasteiger partial charge is 0.264 e. The SMILES string of the molecule is COc1ccc(N(CC(=O)NC(C)c2ccc3c(c2)CCC3)S(=O)(=O)c2ccccc2)cc1Cl. The number of benzene rings is 3. The van der Waals surface area contributed by atoms with E-state index >= 15 is 0 Å². The fraction of sp³-hybridized carbons (Fsp3) is 0.269. The summed E-state index contributed by atoms with van der Waals surface area (Å²) in [5.41, 5.74) is 3.95. The lowest BCUT2D eigenvalue weighted by atomic mass is 10.0. The summed E-state index contributed by atoms with van der Waals surface area (Å²) in [6.07, 6.45) is 3.29. The van der Waals surface area contributed by atoms with E-state index in [1.54, 1.807) is 30.3 Å². The molecule has 8 heteroatoms. The molecule has 3 aromatic rings. The number of carbonyl (C=O) groups is 1. The first-order chi connectivity index (χ1) is 16.3. The molecule has 0 aromatic heterocycles. The number of ether oxygens (including phenoxy) is 1. The van der Waals surface area contributed by atoms with E-state index in [0.29, 0.717) is 5.75 Å². The van der Waals surface area contributed by atoms with Crippen molar-refractivity contribution in [2.75, 3.05) is 18.0 Å². The molecule has 0 radical (unpaired) electrons. The molecular formula is C26H27ClN2O4S. The minimum absolute atomic E-state index is 0.0846. The number of sulfonamides is 1. The molecule has 178 valence electrons. The van der Waals surface area contributed by atoms with Crippen LogP contribution in [0.15, 0.2) is 71.6 Å². The lowest BCUT2D eigenvalue weighted by Gasteiger charge is -2.25. The van der Waals surface area contributed by atoms with Crippen LogP contribution in [0.25, 0.3) is 0 Å². The molecule has 0 fully saturated rings. The Balaban J connectivity index is 1.60. The Morgan fingerprint density at radius 1 is 1.06 bits per heavy atom. The van der Waals surface area contributed by atoms with E-state index < -0.39 is 22.5 Å². The first-order valence-electron chi connectivity index (χ1n) is 11.1. The standard InChI is InChI=1S/C26H27ClN2O4S/c1-18(20-12-11-19-7-6-8-21(19)15-20)28-26(30)17-29(22-13-14-25(33-2)24(27)16-22)34(31,32)23-9-4-3-5-10-23/h3-5,9-16,18H,6-8,17H2,1-2H3,(H,28,30). The van der Waals surface area contributed by atoms with Crippen LogP contribution in [0.1, 0.15) is 36.1 Å². The number of fused-ring (bicyclic) bond motifs is 1. The van der Waals surface area contributed by atoms with Gasteiger partial charge >= 0.3 is 0 Å². The quantitative estimate of drug-likeness (QED) is 0.478. The van der Waals surface area contributed by atoms with Crippen LogP contribution in [0, 0.1) is 0 Å². The Labute approximate surface area is 205 Å². The highest BCUT2D eigenvalue weighted by atomic mass is 35.5. The maximum absolute atomic E-state index is 13.5. The molecule has 34 heavy (non-hydrogen) atoms. The van der Waals surface area contributed by atoms with Crippen LogP contribution in [-0.4, -0.2) is 28.0 Å². The maximum atomic E-state index is 13.5. The van der Waals surface area contributed by atoms with Gasteiger partial charge in [0.05, 0.1) is 28.8 Å². The number of anilines is 1. The van der Waals surface area contributed by atoms with Crippen LogP contribution in [0.3, 0.4) is 0 Å². The summed E-state index contributed by atoms with van der Waals surface area (Å²) in [4.78, 5) is 13.1. The van der Waals surface area contributed by atoms with E-state index in [2.05, 4.69) is 17.4 Å². The average molecular weight is 499 g/mol. The molecule has 6 nitrogen and oxygen atoms in total. The van der Waals surface area contributed by atoms with Gasteiger partial charge in [0.25, 0.3) is 10.0 Å². The normalized spacial score (nSPS) is 13.7. The van der Waals surface area contributed by atoms with E-state index in [9.17, 15) is 13.2 Å². The molecule has 0 saturated carbocycles. The summed E-state index contributed by atoms with van der Waals surface area (Å²) in [5, 5.41) is 3.20. The number of nitrogens with zero attached hydrogens (tertiary/aromatic N) is 1. The Kier molecular flexibility index (Phi) is 7.14. The summed E-state index contributed by atoms with van der Waals surface area (Å²) >= 11 is 6.27. The van der Waals surface area contributed by atoms with Crippen molar-refractivity contribution in [3.63, 3.8) is 0 Å². The van der Waals surface area contributed by atoms with Crippen LogP contribution in [0.5, 0.6) is 5.75 Å². The second-order valence-electron chi connectivity index (χ2n) is 8.31. The Bertz CT molecular complexity index is 1300. The van der Waals surface area contributed by atoms with E-state index in [0.717, 1.165) is 29.1 Å². The minimum Gasteiger partial charge on any atom is -0.495 e. The van der Waals surface area contributed by atoms with Crippen molar-refractivity contribution in [2.24, 2.45) is 0 Å². The van der Waals surface area contributed by atoms with Crippen LogP contribution < -0.4 is 14.4 Å². The molecule has 4 rings (SSSR count). The van der Waals surface area contributed by atoms with E-state index in [4.69, 9.17) is 16.3 Å². The van der Waals surface area contributed by atoms with Gasteiger partial charge in [-0.1, -0.05) is 48.0 Å². The second-order valence-corrected chi connectivity index (χ2v) is 10.6. The molecular weight excluding hydrogens is 472 g/mol.